The van der Waals surface area contributed by atoms with Crippen molar-refractivity contribution in [2.45, 2.75) is 93.0 Å². The van der Waals surface area contributed by atoms with Crippen molar-refractivity contribution in [3.63, 3.8) is 0 Å². The van der Waals surface area contributed by atoms with Crippen LogP contribution in [0, 0.1) is 27.7 Å². The summed E-state index contributed by atoms with van der Waals surface area (Å²) in [6.45, 7) is 21.8. The molecule has 0 radical (unpaired) electrons. The van der Waals surface area contributed by atoms with Crippen LogP contribution in [0.2, 0.25) is 0 Å². The summed E-state index contributed by atoms with van der Waals surface area (Å²) in [5.41, 5.74) is 8.94. The maximum atomic E-state index is 12.0. The van der Waals surface area contributed by atoms with Gasteiger partial charge < -0.3 is 45.3 Å². The molecule has 2 aliphatic heterocycles. The Balaban J connectivity index is 0.000000752. The zero-order valence-corrected chi connectivity index (χ0v) is 36.1. The number of aliphatic hydroxyl groups is 1. The Morgan fingerprint density at radius 1 is 0.940 bits per heavy atom. The Hall–Kier alpha value is -1.77. The van der Waals surface area contributed by atoms with E-state index in [1.54, 1.807) is 18.7 Å². The molecule has 2 fully saturated rings. The summed E-state index contributed by atoms with van der Waals surface area (Å²) in [5.74, 6) is 3.44. The second-order valence-corrected chi connectivity index (χ2v) is 13.6. The summed E-state index contributed by atoms with van der Waals surface area (Å²) in [7, 11) is 0. The van der Waals surface area contributed by atoms with Crippen LogP contribution >= 0.6 is 31.9 Å². The molecule has 5 N–H and O–H groups in total. The first-order chi connectivity index (χ1) is 22.9. The van der Waals surface area contributed by atoms with E-state index in [4.69, 9.17) is 29.3 Å². The van der Waals surface area contributed by atoms with E-state index in [-0.39, 0.29) is 54.3 Å². The molecule has 2 aromatic carbocycles. The van der Waals surface area contributed by atoms with Gasteiger partial charge in [0.15, 0.2) is 11.6 Å². The molecule has 276 valence electrons. The van der Waals surface area contributed by atoms with E-state index in [9.17, 15) is 4.79 Å². The van der Waals surface area contributed by atoms with E-state index in [0.717, 1.165) is 33.5 Å². The fourth-order valence-corrected chi connectivity index (χ4v) is 5.21. The molecule has 4 rings (SSSR count). The Labute approximate surface area is 334 Å². The second-order valence-electron chi connectivity index (χ2n) is 12.0. The van der Waals surface area contributed by atoms with Gasteiger partial charge >= 0.3 is 29.6 Å². The summed E-state index contributed by atoms with van der Waals surface area (Å²) in [6, 6.07) is 8.30. The predicted octanol–water partition coefficient (Wildman–Crippen LogP) is 4.56. The first-order valence-electron chi connectivity index (χ1n) is 15.5. The summed E-state index contributed by atoms with van der Waals surface area (Å²) in [6.07, 6.45) is 0.0115. The van der Waals surface area contributed by atoms with Gasteiger partial charge in [-0.3, -0.25) is 10.4 Å². The van der Waals surface area contributed by atoms with Crippen molar-refractivity contribution in [1.29, 1.82) is 0 Å². The number of anilines is 2. The molecular formula is C32H51Br2N8NaO7. The van der Waals surface area contributed by atoms with Crippen molar-refractivity contribution in [2.24, 2.45) is 26.7 Å². The Bertz CT molecular complexity index is 1360. The van der Waals surface area contributed by atoms with Gasteiger partial charge in [-0.25, -0.2) is 10.4 Å². The minimum Gasteiger partial charge on any atom is -0.397 e. The van der Waals surface area contributed by atoms with Crippen LogP contribution in [0.15, 0.2) is 54.1 Å². The van der Waals surface area contributed by atoms with Crippen LogP contribution in [-0.4, -0.2) is 72.9 Å². The smallest absolute Gasteiger partial charge is 0.397 e. The zero-order chi connectivity index (χ0) is 37.4. The maximum absolute atomic E-state index is 12.0. The third kappa shape index (κ3) is 17.6. The predicted molar refractivity (Wildman–Crippen MR) is 195 cm³/mol. The number of carbonyl (C=O) groups is 1. The molecule has 1 amide bonds. The molecule has 50 heavy (non-hydrogen) atoms. The average molecular weight is 843 g/mol. The maximum Gasteiger partial charge on any atom is 1.00 e. The molecule has 0 unspecified atom stereocenters. The first-order valence-corrected chi connectivity index (χ1v) is 17.1. The van der Waals surface area contributed by atoms with Crippen LogP contribution in [0.4, 0.5) is 11.4 Å². The molecule has 2 heterocycles. The van der Waals surface area contributed by atoms with Gasteiger partial charge in [0.2, 0.25) is 5.91 Å². The number of nitrogens with zero attached hydrogens (tertiary/aromatic N) is 6. The SMILES string of the molecule is CC(=O)N(C[C@H]1COC(C)(C)O1)c1cc(C)c(Br)c(C)c1.CCO.Cc1cc(NC[C@H]2COC(C)(C)O2)cc(C)c1Br.N/N=N/N=N/[N-]O.[Na+]. The third-order valence-corrected chi connectivity index (χ3v) is 9.28. The van der Waals surface area contributed by atoms with Crippen LogP contribution in [-0.2, 0) is 23.7 Å². The molecule has 15 nitrogen and oxygen atoms in total. The number of hydrogen-bond acceptors (Lipinski definition) is 10. The number of carbonyl (C=O) groups excluding carboxylic acids is 1. The molecule has 2 aromatic rings. The van der Waals surface area contributed by atoms with E-state index in [1.807, 2.05) is 53.7 Å². The largest absolute Gasteiger partial charge is 1.00 e. The van der Waals surface area contributed by atoms with Crippen molar-refractivity contribution in [1.82, 2.24) is 0 Å². The first kappa shape index (κ1) is 48.2. The third-order valence-electron chi connectivity index (χ3n) is 6.78. The fraction of sp³-hybridized carbons (Fsp3) is 0.594. The van der Waals surface area contributed by atoms with Gasteiger partial charge in [0, 0.05) is 40.4 Å². The van der Waals surface area contributed by atoms with E-state index < -0.39 is 11.6 Å². The number of aliphatic hydroxyl groups excluding tert-OH is 1. The van der Waals surface area contributed by atoms with E-state index in [2.05, 4.69) is 95.5 Å². The summed E-state index contributed by atoms with van der Waals surface area (Å²) in [4.78, 5) is 13.8. The van der Waals surface area contributed by atoms with Crippen molar-refractivity contribution < 1.29 is 63.6 Å². The van der Waals surface area contributed by atoms with Crippen LogP contribution in [0.1, 0.15) is 63.8 Å². The molecule has 0 aliphatic carbocycles. The van der Waals surface area contributed by atoms with Gasteiger partial charge in [-0.05, 0) is 109 Å². The summed E-state index contributed by atoms with van der Waals surface area (Å²) >= 11 is 7.13. The van der Waals surface area contributed by atoms with Gasteiger partial charge in [0.25, 0.3) is 0 Å². The number of nitrogens with two attached hydrogens (primary N) is 1. The normalized spacial score (nSPS) is 18.5. The number of hydrogen-bond donors (Lipinski definition) is 4. The van der Waals surface area contributed by atoms with Gasteiger partial charge in [-0.2, -0.15) is 0 Å². The number of rotatable bonds is 8. The minimum atomic E-state index is -0.571. The van der Waals surface area contributed by atoms with Gasteiger partial charge in [0.05, 0.1) is 19.8 Å². The van der Waals surface area contributed by atoms with E-state index in [1.165, 1.54) is 15.6 Å². The van der Waals surface area contributed by atoms with Gasteiger partial charge in [-0.15, -0.1) is 5.22 Å². The molecule has 2 aliphatic rings. The number of nitrogens with one attached hydrogen (secondary N) is 1. The topological polar surface area (TPSA) is 199 Å². The second kappa shape index (κ2) is 23.7. The standard InChI is InChI=1S/C16H22BrNO3.C14H20BrNO2.C2H6O.H3N6O.Na/c1-10-6-13(7-11(2)15(10)17)18(12(3)19)8-14-9-20-16(4,5)21-14;1-9-5-11(6-10(2)13(9)15)16-7-12-8-17-14(3,4)18-12;1-2-3;1-2-3-4-5-6-7;/h6-7,14H,8-9H2,1-5H3;5-6,12,16H,7-8H2,1-4H3;3H,2H2,1H3;(H3-,1,2,3,4,5,6,7);/q;;;-1;+1/t14-;12-;;;/m00.../s1. The van der Waals surface area contributed by atoms with Crippen molar-refractivity contribution in [3.8, 4) is 0 Å². The van der Waals surface area contributed by atoms with Crippen molar-refractivity contribution in [3.05, 3.63) is 61.1 Å². The minimum absolute atomic E-state index is 0. The van der Waals surface area contributed by atoms with Crippen LogP contribution in [0.3, 0.4) is 0 Å². The van der Waals surface area contributed by atoms with Crippen molar-refractivity contribution in [2.75, 3.05) is 43.1 Å². The molecule has 18 heteroatoms. The van der Waals surface area contributed by atoms with Crippen LogP contribution in [0.5, 0.6) is 0 Å². The molecule has 0 spiro atoms. The molecule has 2 atom stereocenters. The Morgan fingerprint density at radius 3 is 1.76 bits per heavy atom. The molecule has 0 bridgehead atoms. The van der Waals surface area contributed by atoms with Crippen LogP contribution in [0.25, 0.3) is 5.59 Å². The summed E-state index contributed by atoms with van der Waals surface area (Å²) in [5, 5.41) is 29.3. The van der Waals surface area contributed by atoms with E-state index in [0.29, 0.717) is 19.8 Å². The molecule has 2 saturated heterocycles. The van der Waals surface area contributed by atoms with Crippen molar-refractivity contribution >= 4 is 49.1 Å². The zero-order valence-electron chi connectivity index (χ0n) is 31.0. The molecule has 0 aromatic heterocycles. The number of halogens is 2. The molecular weight excluding hydrogens is 791 g/mol. The molecule has 0 saturated carbocycles. The number of aryl methyl sites for hydroxylation is 4. The van der Waals surface area contributed by atoms with Crippen LogP contribution < -0.4 is 45.6 Å². The fourth-order valence-electron chi connectivity index (χ4n) is 4.75. The van der Waals surface area contributed by atoms with Gasteiger partial charge in [-0.1, -0.05) is 37.1 Å². The Morgan fingerprint density at radius 2 is 1.38 bits per heavy atom. The number of ether oxygens (including phenoxy) is 4. The van der Waals surface area contributed by atoms with E-state index >= 15 is 0 Å². The number of amides is 1. The Kier molecular flexibility index (Phi) is 22.9. The quantitative estimate of drug-likeness (QED) is 0.127. The summed E-state index contributed by atoms with van der Waals surface area (Å²) < 4.78 is 24.9. The van der Waals surface area contributed by atoms with Gasteiger partial charge in [0.1, 0.15) is 12.2 Å². The monoisotopic (exact) mass is 840 g/mol. The average Bonchev–Trinajstić information content (AvgIpc) is 3.56. The number of benzene rings is 2.